The summed E-state index contributed by atoms with van der Waals surface area (Å²) in [5.41, 5.74) is 0.0686. The van der Waals surface area contributed by atoms with E-state index in [9.17, 15) is 18.0 Å². The van der Waals surface area contributed by atoms with Crippen LogP contribution in [0.15, 0.2) is 24.3 Å². The summed E-state index contributed by atoms with van der Waals surface area (Å²) < 4.78 is 37.5. The lowest BCUT2D eigenvalue weighted by atomic mass is 9.98. The van der Waals surface area contributed by atoms with Crippen molar-refractivity contribution in [1.29, 1.82) is 0 Å². The van der Waals surface area contributed by atoms with Gasteiger partial charge in [-0.1, -0.05) is 19.1 Å². The molecule has 2 atom stereocenters. The second kappa shape index (κ2) is 8.55. The predicted octanol–water partition coefficient (Wildman–Crippen LogP) is 3.17. The number of halogens is 4. The molecule has 0 bridgehead atoms. The minimum Gasteiger partial charge on any atom is -0.352 e. The van der Waals surface area contributed by atoms with Gasteiger partial charge in [0, 0.05) is 18.5 Å². The van der Waals surface area contributed by atoms with Crippen molar-refractivity contribution in [3.63, 3.8) is 0 Å². The molecule has 2 N–H and O–H groups in total. The summed E-state index contributed by atoms with van der Waals surface area (Å²) in [5.74, 6) is -0.313. The first-order chi connectivity index (χ1) is 10.4. The van der Waals surface area contributed by atoms with Gasteiger partial charge in [-0.3, -0.25) is 4.79 Å². The summed E-state index contributed by atoms with van der Waals surface area (Å²) in [5, 5.41) is 6.22. The number of nitrogens with one attached hydrogen (secondary N) is 2. The van der Waals surface area contributed by atoms with Crippen molar-refractivity contribution < 1.29 is 18.0 Å². The summed E-state index contributed by atoms with van der Waals surface area (Å²) in [4.78, 5) is 12.1. The summed E-state index contributed by atoms with van der Waals surface area (Å²) >= 11 is 0. The molecule has 1 aliphatic rings. The van der Waals surface area contributed by atoms with Gasteiger partial charge >= 0.3 is 6.18 Å². The van der Waals surface area contributed by atoms with Gasteiger partial charge in [0.2, 0.25) is 5.91 Å². The second-order valence-corrected chi connectivity index (χ2v) is 5.85. The lowest BCUT2D eigenvalue weighted by Crippen LogP contribution is -2.47. The predicted molar refractivity (Wildman–Crippen MR) is 85.6 cm³/mol. The highest BCUT2D eigenvalue weighted by molar-refractivity contribution is 5.85. The molecular weight excluding hydrogens is 329 g/mol. The Hall–Kier alpha value is -1.27. The molecule has 0 spiro atoms. The Bertz CT molecular complexity index is 499. The van der Waals surface area contributed by atoms with Crippen LogP contribution in [0.4, 0.5) is 13.2 Å². The van der Waals surface area contributed by atoms with Gasteiger partial charge in [0.05, 0.1) is 5.56 Å². The Kier molecular flexibility index (Phi) is 7.35. The molecular formula is C16H22ClF3N2O. The number of carbonyl (C=O) groups is 1. The first-order valence-corrected chi connectivity index (χ1v) is 7.53. The molecule has 1 aromatic rings. The zero-order valence-electron chi connectivity index (χ0n) is 13.0. The minimum atomic E-state index is -4.32. The molecule has 7 heteroatoms. The SMILES string of the molecule is CC(Cc1ccc(C(F)(F)F)cc1)C(=O)N[C@H]1CCCNC1.Cl. The van der Waals surface area contributed by atoms with E-state index in [4.69, 9.17) is 0 Å². The topological polar surface area (TPSA) is 41.1 Å². The van der Waals surface area contributed by atoms with Gasteiger partial charge in [0.15, 0.2) is 0 Å². The number of carbonyl (C=O) groups excluding carboxylic acids is 1. The quantitative estimate of drug-likeness (QED) is 0.875. The average Bonchev–Trinajstić information content (AvgIpc) is 2.48. The highest BCUT2D eigenvalue weighted by Crippen LogP contribution is 2.29. The summed E-state index contributed by atoms with van der Waals surface area (Å²) in [6, 6.07) is 5.15. The zero-order chi connectivity index (χ0) is 16.2. The van der Waals surface area contributed by atoms with Crippen LogP contribution in [0.25, 0.3) is 0 Å². The van der Waals surface area contributed by atoms with Crippen LogP contribution in [0.3, 0.4) is 0 Å². The molecule has 0 aliphatic carbocycles. The lowest BCUT2D eigenvalue weighted by Gasteiger charge is -2.25. The van der Waals surface area contributed by atoms with Crippen molar-refractivity contribution in [2.75, 3.05) is 13.1 Å². The normalized spacial score (nSPS) is 19.6. The van der Waals surface area contributed by atoms with Crippen LogP contribution in [0.1, 0.15) is 30.9 Å². The van der Waals surface area contributed by atoms with Gasteiger partial charge in [-0.2, -0.15) is 13.2 Å². The van der Waals surface area contributed by atoms with Crippen LogP contribution in [0, 0.1) is 5.92 Å². The third kappa shape index (κ3) is 6.03. The highest BCUT2D eigenvalue weighted by atomic mass is 35.5. The summed E-state index contributed by atoms with van der Waals surface area (Å²) in [7, 11) is 0. The van der Waals surface area contributed by atoms with Gasteiger partial charge in [0.1, 0.15) is 0 Å². The first-order valence-electron chi connectivity index (χ1n) is 7.53. The first kappa shape index (κ1) is 19.8. The average molecular weight is 351 g/mol. The van der Waals surface area contributed by atoms with Gasteiger partial charge in [-0.25, -0.2) is 0 Å². The molecule has 0 saturated carbocycles. The number of piperidine rings is 1. The van der Waals surface area contributed by atoms with Gasteiger partial charge in [-0.15, -0.1) is 12.4 Å². The number of amides is 1. The maximum atomic E-state index is 12.5. The molecule has 1 unspecified atom stereocenters. The molecule has 2 rings (SSSR count). The van der Waals surface area contributed by atoms with Crippen molar-refractivity contribution in [3.05, 3.63) is 35.4 Å². The highest BCUT2D eigenvalue weighted by Gasteiger charge is 2.30. The van der Waals surface area contributed by atoms with Crippen molar-refractivity contribution >= 4 is 18.3 Å². The van der Waals surface area contributed by atoms with Crippen LogP contribution in [0.5, 0.6) is 0 Å². The van der Waals surface area contributed by atoms with Crippen molar-refractivity contribution in [1.82, 2.24) is 10.6 Å². The number of rotatable bonds is 4. The van der Waals surface area contributed by atoms with Crippen molar-refractivity contribution in [3.8, 4) is 0 Å². The van der Waals surface area contributed by atoms with Gasteiger partial charge in [-0.05, 0) is 43.5 Å². The van der Waals surface area contributed by atoms with Crippen LogP contribution in [-0.4, -0.2) is 25.0 Å². The van der Waals surface area contributed by atoms with Crippen molar-refractivity contribution in [2.24, 2.45) is 5.92 Å². The molecule has 1 fully saturated rings. The molecule has 0 aromatic heterocycles. The van der Waals surface area contributed by atoms with E-state index >= 15 is 0 Å². The van der Waals surface area contributed by atoms with E-state index in [2.05, 4.69) is 10.6 Å². The Morgan fingerprint density at radius 1 is 1.35 bits per heavy atom. The Balaban J connectivity index is 0.00000264. The van der Waals surface area contributed by atoms with E-state index in [1.54, 1.807) is 6.92 Å². The number of benzene rings is 1. The van der Waals surface area contributed by atoms with Crippen LogP contribution in [0.2, 0.25) is 0 Å². The monoisotopic (exact) mass is 350 g/mol. The molecule has 1 aromatic carbocycles. The lowest BCUT2D eigenvalue weighted by molar-refractivity contribution is -0.137. The summed E-state index contributed by atoms with van der Waals surface area (Å²) in [6.45, 7) is 3.55. The molecule has 1 aliphatic heterocycles. The molecule has 23 heavy (non-hydrogen) atoms. The van der Waals surface area contributed by atoms with Crippen LogP contribution in [-0.2, 0) is 17.4 Å². The van der Waals surface area contributed by atoms with E-state index in [1.807, 2.05) is 0 Å². The van der Waals surface area contributed by atoms with E-state index in [0.717, 1.165) is 43.6 Å². The number of alkyl halides is 3. The fraction of sp³-hybridized carbons (Fsp3) is 0.562. The molecule has 1 amide bonds. The minimum absolute atomic E-state index is 0. The fourth-order valence-electron chi connectivity index (χ4n) is 2.59. The van der Waals surface area contributed by atoms with E-state index in [0.29, 0.717) is 6.42 Å². The number of hydrogen-bond donors (Lipinski definition) is 2. The maximum absolute atomic E-state index is 12.5. The smallest absolute Gasteiger partial charge is 0.352 e. The molecule has 0 radical (unpaired) electrons. The van der Waals surface area contributed by atoms with E-state index < -0.39 is 11.7 Å². The largest absolute Gasteiger partial charge is 0.416 e. The molecule has 130 valence electrons. The Labute approximate surface area is 140 Å². The fourth-order valence-corrected chi connectivity index (χ4v) is 2.59. The van der Waals surface area contributed by atoms with Gasteiger partial charge < -0.3 is 10.6 Å². The van der Waals surface area contributed by atoms with Crippen LogP contribution >= 0.6 is 12.4 Å². The maximum Gasteiger partial charge on any atom is 0.416 e. The molecule has 1 saturated heterocycles. The standard InChI is InChI=1S/C16H21F3N2O.ClH/c1-11(15(22)21-14-3-2-8-20-10-14)9-12-4-6-13(7-5-12)16(17,18)19;/h4-7,11,14,20H,2-3,8-10H2,1H3,(H,21,22);1H/t11?,14-;/m0./s1. The third-order valence-electron chi connectivity index (χ3n) is 3.91. The molecule has 3 nitrogen and oxygen atoms in total. The van der Waals surface area contributed by atoms with E-state index in [-0.39, 0.29) is 30.3 Å². The summed E-state index contributed by atoms with van der Waals surface area (Å²) in [6.07, 6.45) is -1.89. The van der Waals surface area contributed by atoms with Crippen LogP contribution < -0.4 is 10.6 Å². The Morgan fingerprint density at radius 2 is 2.00 bits per heavy atom. The zero-order valence-corrected chi connectivity index (χ0v) is 13.8. The van der Waals surface area contributed by atoms with E-state index in [1.165, 1.54) is 12.1 Å². The second-order valence-electron chi connectivity index (χ2n) is 5.85. The van der Waals surface area contributed by atoms with Gasteiger partial charge in [0.25, 0.3) is 0 Å². The third-order valence-corrected chi connectivity index (χ3v) is 3.91. The van der Waals surface area contributed by atoms with Crippen molar-refractivity contribution in [2.45, 2.75) is 38.4 Å². The molecule has 1 heterocycles. The Morgan fingerprint density at radius 3 is 2.52 bits per heavy atom. The number of hydrogen-bond acceptors (Lipinski definition) is 2.